The van der Waals surface area contributed by atoms with E-state index >= 15 is 0 Å². The van der Waals surface area contributed by atoms with Crippen LogP contribution in [0, 0.1) is 5.92 Å². The number of aromatic nitrogens is 2. The van der Waals surface area contributed by atoms with Gasteiger partial charge in [0.05, 0.1) is 0 Å². The van der Waals surface area contributed by atoms with Crippen molar-refractivity contribution in [3.8, 4) is 0 Å². The molecule has 1 fully saturated rings. The molecule has 0 aromatic carbocycles. The van der Waals surface area contributed by atoms with Gasteiger partial charge in [-0.05, 0) is 31.7 Å². The Balaban J connectivity index is 2.17. The van der Waals surface area contributed by atoms with Crippen LogP contribution in [0.2, 0.25) is 0 Å². The van der Waals surface area contributed by atoms with E-state index in [-0.39, 0.29) is 5.92 Å². The summed E-state index contributed by atoms with van der Waals surface area (Å²) in [6.07, 6.45) is 4.91. The molecule has 15 heavy (non-hydrogen) atoms. The molecule has 0 saturated heterocycles. The second kappa shape index (κ2) is 3.49. The minimum absolute atomic E-state index is 0.199. The molecule has 1 heterocycles. The lowest BCUT2D eigenvalue weighted by Crippen LogP contribution is -2.45. The molecule has 5 nitrogen and oxygen atoms in total. The molecule has 1 atom stereocenters. The van der Waals surface area contributed by atoms with Crippen molar-refractivity contribution in [2.75, 3.05) is 5.32 Å². The fraction of sp³-hybridized carbons (Fsp3) is 0.500. The standard InChI is InChI=1S/C10H13N3O2/c1-10(9(14)15,7-2-3-7)13-8-4-5-11-6-12-8/h4-7H,2-3H2,1H3,(H,14,15)(H,11,12,13). The number of aliphatic carboxylic acids is 1. The molecule has 80 valence electrons. The first-order chi connectivity index (χ1) is 7.13. The van der Waals surface area contributed by atoms with Gasteiger partial charge in [-0.15, -0.1) is 0 Å². The van der Waals surface area contributed by atoms with Crippen LogP contribution in [0.5, 0.6) is 0 Å². The Kier molecular flexibility index (Phi) is 2.30. The molecule has 2 rings (SSSR count). The van der Waals surface area contributed by atoms with Gasteiger partial charge in [0, 0.05) is 6.20 Å². The third-order valence-electron chi connectivity index (χ3n) is 2.81. The van der Waals surface area contributed by atoms with Gasteiger partial charge in [-0.1, -0.05) is 0 Å². The molecule has 1 saturated carbocycles. The maximum Gasteiger partial charge on any atom is 0.329 e. The largest absolute Gasteiger partial charge is 0.480 e. The smallest absolute Gasteiger partial charge is 0.329 e. The molecule has 1 aliphatic rings. The number of carboxylic acid groups (broad SMARTS) is 1. The molecular formula is C10H13N3O2. The number of anilines is 1. The van der Waals surface area contributed by atoms with Crippen LogP contribution < -0.4 is 5.32 Å². The van der Waals surface area contributed by atoms with Crippen molar-refractivity contribution in [2.45, 2.75) is 25.3 Å². The van der Waals surface area contributed by atoms with E-state index in [1.54, 1.807) is 19.2 Å². The predicted octanol–water partition coefficient (Wildman–Crippen LogP) is 1.14. The third-order valence-corrected chi connectivity index (χ3v) is 2.81. The Morgan fingerprint density at radius 2 is 2.40 bits per heavy atom. The molecule has 0 aliphatic heterocycles. The van der Waals surface area contributed by atoms with Crippen molar-refractivity contribution in [1.82, 2.24) is 9.97 Å². The molecule has 1 aliphatic carbocycles. The van der Waals surface area contributed by atoms with Gasteiger partial charge in [0.25, 0.3) is 0 Å². The quantitative estimate of drug-likeness (QED) is 0.774. The van der Waals surface area contributed by atoms with Crippen LogP contribution in [0.1, 0.15) is 19.8 Å². The third kappa shape index (κ3) is 1.91. The van der Waals surface area contributed by atoms with Crippen LogP contribution in [0.3, 0.4) is 0 Å². The molecule has 1 aromatic rings. The first-order valence-corrected chi connectivity index (χ1v) is 4.90. The first kappa shape index (κ1) is 9.89. The molecule has 0 radical (unpaired) electrons. The average molecular weight is 207 g/mol. The Bertz CT molecular complexity index is 364. The molecule has 2 N–H and O–H groups in total. The average Bonchev–Trinajstić information content (AvgIpc) is 3.02. The Labute approximate surface area is 87.6 Å². The van der Waals surface area contributed by atoms with E-state index in [4.69, 9.17) is 0 Å². The number of hydrogen-bond donors (Lipinski definition) is 2. The number of rotatable bonds is 4. The second-order valence-electron chi connectivity index (χ2n) is 4.00. The van der Waals surface area contributed by atoms with E-state index in [2.05, 4.69) is 15.3 Å². The van der Waals surface area contributed by atoms with Crippen molar-refractivity contribution in [1.29, 1.82) is 0 Å². The first-order valence-electron chi connectivity index (χ1n) is 4.90. The van der Waals surface area contributed by atoms with Crippen LogP contribution >= 0.6 is 0 Å². The normalized spacial score (nSPS) is 19.3. The SMILES string of the molecule is CC(Nc1ccncn1)(C(=O)O)C1CC1. The van der Waals surface area contributed by atoms with Crippen molar-refractivity contribution in [3.63, 3.8) is 0 Å². The number of carboxylic acids is 1. The Morgan fingerprint density at radius 3 is 2.87 bits per heavy atom. The fourth-order valence-corrected chi connectivity index (χ4v) is 1.62. The van der Waals surface area contributed by atoms with Crippen molar-refractivity contribution >= 4 is 11.8 Å². The summed E-state index contributed by atoms with van der Waals surface area (Å²) in [6.45, 7) is 1.70. The van der Waals surface area contributed by atoms with E-state index in [0.29, 0.717) is 5.82 Å². The molecule has 0 bridgehead atoms. The van der Waals surface area contributed by atoms with Crippen LogP contribution in [0.15, 0.2) is 18.6 Å². The zero-order valence-corrected chi connectivity index (χ0v) is 8.47. The highest BCUT2D eigenvalue weighted by Crippen LogP contribution is 2.41. The highest BCUT2D eigenvalue weighted by molar-refractivity contribution is 5.82. The maximum absolute atomic E-state index is 11.2. The van der Waals surface area contributed by atoms with Gasteiger partial charge in [-0.3, -0.25) is 0 Å². The fourth-order valence-electron chi connectivity index (χ4n) is 1.62. The lowest BCUT2D eigenvalue weighted by Gasteiger charge is -2.26. The lowest BCUT2D eigenvalue weighted by molar-refractivity contribution is -0.142. The summed E-state index contributed by atoms with van der Waals surface area (Å²) in [5.74, 6) is -0.0737. The molecule has 0 spiro atoms. The van der Waals surface area contributed by atoms with Gasteiger partial charge in [0.2, 0.25) is 0 Å². The van der Waals surface area contributed by atoms with Gasteiger partial charge in [-0.2, -0.15) is 0 Å². The van der Waals surface area contributed by atoms with E-state index < -0.39 is 11.5 Å². The van der Waals surface area contributed by atoms with Gasteiger partial charge < -0.3 is 10.4 Å². The van der Waals surface area contributed by atoms with Crippen molar-refractivity contribution in [2.24, 2.45) is 5.92 Å². The van der Waals surface area contributed by atoms with Crippen LogP contribution in [-0.2, 0) is 4.79 Å². The van der Waals surface area contributed by atoms with Gasteiger partial charge in [0.1, 0.15) is 17.7 Å². The molecule has 1 unspecified atom stereocenters. The summed E-state index contributed by atoms with van der Waals surface area (Å²) < 4.78 is 0. The van der Waals surface area contributed by atoms with Gasteiger partial charge >= 0.3 is 5.97 Å². The molecular weight excluding hydrogens is 194 g/mol. The Morgan fingerprint density at radius 1 is 1.67 bits per heavy atom. The number of hydrogen-bond acceptors (Lipinski definition) is 4. The van der Waals surface area contributed by atoms with Crippen LogP contribution in [0.4, 0.5) is 5.82 Å². The molecule has 1 aromatic heterocycles. The predicted molar refractivity (Wildman–Crippen MR) is 54.4 cm³/mol. The van der Waals surface area contributed by atoms with Crippen molar-refractivity contribution in [3.05, 3.63) is 18.6 Å². The number of nitrogens with zero attached hydrogens (tertiary/aromatic N) is 2. The summed E-state index contributed by atoms with van der Waals surface area (Å²) in [7, 11) is 0. The summed E-state index contributed by atoms with van der Waals surface area (Å²) in [5.41, 5.74) is -0.908. The van der Waals surface area contributed by atoms with Gasteiger partial charge in [0.15, 0.2) is 0 Å². The summed E-state index contributed by atoms with van der Waals surface area (Å²) in [4.78, 5) is 19.0. The second-order valence-corrected chi connectivity index (χ2v) is 4.00. The van der Waals surface area contributed by atoms with Crippen molar-refractivity contribution < 1.29 is 9.90 Å². The highest BCUT2D eigenvalue weighted by atomic mass is 16.4. The number of carbonyl (C=O) groups is 1. The van der Waals surface area contributed by atoms with Gasteiger partial charge in [-0.25, -0.2) is 14.8 Å². The molecule has 5 heteroatoms. The minimum atomic E-state index is -0.908. The van der Waals surface area contributed by atoms with Crippen LogP contribution in [0.25, 0.3) is 0 Å². The number of nitrogens with one attached hydrogen (secondary N) is 1. The van der Waals surface area contributed by atoms with E-state index in [1.165, 1.54) is 6.33 Å². The summed E-state index contributed by atoms with van der Waals surface area (Å²) in [5, 5.41) is 12.2. The zero-order chi connectivity index (χ0) is 10.9. The summed E-state index contributed by atoms with van der Waals surface area (Å²) >= 11 is 0. The summed E-state index contributed by atoms with van der Waals surface area (Å²) in [6, 6.07) is 1.67. The van der Waals surface area contributed by atoms with E-state index in [1.807, 2.05) is 0 Å². The monoisotopic (exact) mass is 207 g/mol. The highest BCUT2D eigenvalue weighted by Gasteiger charge is 2.47. The minimum Gasteiger partial charge on any atom is -0.480 e. The molecule has 0 amide bonds. The Hall–Kier alpha value is -1.65. The van der Waals surface area contributed by atoms with E-state index in [9.17, 15) is 9.90 Å². The topological polar surface area (TPSA) is 75.1 Å². The maximum atomic E-state index is 11.2. The van der Waals surface area contributed by atoms with Crippen LogP contribution in [-0.4, -0.2) is 26.6 Å². The lowest BCUT2D eigenvalue weighted by atomic mass is 9.96. The van der Waals surface area contributed by atoms with E-state index in [0.717, 1.165) is 12.8 Å². The zero-order valence-electron chi connectivity index (χ0n) is 8.47.